The molecule has 1 N–H and O–H groups in total. The van der Waals surface area contributed by atoms with Gasteiger partial charge in [0.15, 0.2) is 0 Å². The third-order valence-electron chi connectivity index (χ3n) is 4.09. The lowest BCUT2D eigenvalue weighted by Gasteiger charge is -2.11. The van der Waals surface area contributed by atoms with Crippen molar-refractivity contribution in [2.24, 2.45) is 0 Å². The lowest BCUT2D eigenvalue weighted by Crippen LogP contribution is -2.32. The normalized spacial score (nSPS) is 11.2. The van der Waals surface area contributed by atoms with Crippen LogP contribution in [0.15, 0.2) is 71.7 Å². The Hall–Kier alpha value is -3.62. The summed E-state index contributed by atoms with van der Waals surface area (Å²) in [5.41, 5.74) is -1.00. The van der Waals surface area contributed by atoms with Gasteiger partial charge >= 0.3 is 6.18 Å². The van der Waals surface area contributed by atoms with E-state index >= 15 is 0 Å². The van der Waals surface area contributed by atoms with Crippen molar-refractivity contribution in [3.05, 3.63) is 94.2 Å². The lowest BCUT2D eigenvalue weighted by molar-refractivity contribution is -0.138. The smallest absolute Gasteiger partial charge is 0.417 e. The van der Waals surface area contributed by atoms with E-state index in [9.17, 15) is 27.2 Å². The van der Waals surface area contributed by atoms with E-state index in [0.29, 0.717) is 33.9 Å². The van der Waals surface area contributed by atoms with Crippen LogP contribution in [0.1, 0.15) is 11.1 Å². The number of halogens is 4. The van der Waals surface area contributed by atoms with Crippen LogP contribution in [0.5, 0.6) is 11.5 Å². The summed E-state index contributed by atoms with van der Waals surface area (Å²) in [6.45, 7) is -0.419. The van der Waals surface area contributed by atoms with E-state index in [4.69, 9.17) is 4.74 Å². The molecule has 1 aromatic heterocycles. The molecule has 3 aromatic rings. The number of pyridine rings is 1. The number of carbonyl (C=O) groups excluding carboxylic acids is 1. The summed E-state index contributed by atoms with van der Waals surface area (Å²) < 4.78 is 57.4. The third kappa shape index (κ3) is 5.69. The van der Waals surface area contributed by atoms with E-state index in [0.717, 1.165) is 6.07 Å². The summed E-state index contributed by atoms with van der Waals surface area (Å²) in [6, 6.07) is 13.7. The number of benzene rings is 2. The van der Waals surface area contributed by atoms with Gasteiger partial charge in [-0.2, -0.15) is 13.2 Å². The van der Waals surface area contributed by atoms with Crippen molar-refractivity contribution in [3.63, 3.8) is 0 Å². The molecular weight excluding hydrogens is 404 g/mol. The molecule has 0 saturated carbocycles. The number of aromatic nitrogens is 1. The van der Waals surface area contributed by atoms with Crippen LogP contribution in [-0.2, 0) is 24.1 Å². The van der Waals surface area contributed by atoms with Crippen LogP contribution >= 0.6 is 0 Å². The Morgan fingerprint density at radius 2 is 1.53 bits per heavy atom. The molecule has 30 heavy (non-hydrogen) atoms. The van der Waals surface area contributed by atoms with E-state index in [-0.39, 0.29) is 12.4 Å². The summed E-state index contributed by atoms with van der Waals surface area (Å²) in [7, 11) is 0. The molecule has 0 bridgehead atoms. The van der Waals surface area contributed by atoms with Gasteiger partial charge in [-0.15, -0.1) is 0 Å². The Morgan fingerprint density at radius 3 is 2.13 bits per heavy atom. The Labute approximate surface area is 168 Å². The maximum atomic E-state index is 12.9. The van der Waals surface area contributed by atoms with E-state index in [2.05, 4.69) is 5.32 Å². The van der Waals surface area contributed by atoms with E-state index in [1.165, 1.54) is 24.3 Å². The molecule has 3 rings (SSSR count). The van der Waals surface area contributed by atoms with Gasteiger partial charge in [0.2, 0.25) is 5.91 Å². The zero-order valence-corrected chi connectivity index (χ0v) is 15.4. The minimum atomic E-state index is -4.61. The first-order valence-electron chi connectivity index (χ1n) is 8.77. The largest absolute Gasteiger partial charge is 0.457 e. The van der Waals surface area contributed by atoms with E-state index in [1.54, 1.807) is 24.3 Å². The molecule has 0 spiro atoms. The van der Waals surface area contributed by atoms with Crippen LogP contribution in [0.2, 0.25) is 0 Å². The van der Waals surface area contributed by atoms with Crippen LogP contribution < -0.4 is 15.6 Å². The van der Waals surface area contributed by atoms with Gasteiger partial charge in [0.05, 0.1) is 5.56 Å². The van der Waals surface area contributed by atoms with Crippen LogP contribution in [0.4, 0.5) is 17.6 Å². The minimum Gasteiger partial charge on any atom is -0.457 e. The van der Waals surface area contributed by atoms with Gasteiger partial charge in [0.25, 0.3) is 5.56 Å². The standard InChI is InChI=1S/C21H16F4N2O3/c22-16-4-8-18(9-5-16)30-17-6-1-14(2-7-17)11-26-19(28)13-27-12-15(21(23,24)25)3-10-20(27)29/h1-10,12H,11,13H2,(H,26,28). The van der Waals surface area contributed by atoms with Crippen molar-refractivity contribution in [1.29, 1.82) is 0 Å². The SMILES string of the molecule is O=C(Cn1cc(C(F)(F)F)ccc1=O)NCc1ccc(Oc2ccc(F)cc2)cc1. The molecule has 0 atom stereocenters. The number of ether oxygens (including phenoxy) is 1. The second-order valence-electron chi connectivity index (χ2n) is 6.36. The fourth-order valence-corrected chi connectivity index (χ4v) is 2.55. The second kappa shape index (κ2) is 8.81. The topological polar surface area (TPSA) is 60.3 Å². The third-order valence-corrected chi connectivity index (χ3v) is 4.09. The fourth-order valence-electron chi connectivity index (χ4n) is 2.55. The molecule has 2 aromatic carbocycles. The number of hydrogen-bond donors (Lipinski definition) is 1. The first kappa shape index (κ1) is 21.1. The molecule has 0 aliphatic heterocycles. The van der Waals surface area contributed by atoms with Crippen LogP contribution in [0, 0.1) is 5.82 Å². The summed E-state index contributed by atoms with van der Waals surface area (Å²) in [4.78, 5) is 23.7. The molecule has 0 radical (unpaired) electrons. The molecule has 0 unspecified atom stereocenters. The van der Waals surface area contributed by atoms with Gasteiger partial charge in [-0.1, -0.05) is 12.1 Å². The molecular formula is C21H16F4N2O3. The highest BCUT2D eigenvalue weighted by Gasteiger charge is 2.31. The predicted molar refractivity (Wildman–Crippen MR) is 100 cm³/mol. The Kier molecular flexibility index (Phi) is 6.20. The Balaban J connectivity index is 1.56. The molecule has 0 saturated heterocycles. The number of carbonyl (C=O) groups is 1. The van der Waals surface area contributed by atoms with Gasteiger partial charge < -0.3 is 14.6 Å². The van der Waals surface area contributed by atoms with Crippen molar-refractivity contribution >= 4 is 5.91 Å². The average molecular weight is 420 g/mol. The van der Waals surface area contributed by atoms with Gasteiger partial charge in [-0.05, 0) is 48.0 Å². The van der Waals surface area contributed by atoms with Crippen molar-refractivity contribution < 1.29 is 27.1 Å². The first-order chi connectivity index (χ1) is 14.2. The number of nitrogens with zero attached hydrogens (tertiary/aromatic N) is 1. The summed E-state index contributed by atoms with van der Waals surface area (Å²) >= 11 is 0. The number of nitrogens with one attached hydrogen (secondary N) is 1. The van der Waals surface area contributed by atoms with Crippen LogP contribution in [0.25, 0.3) is 0 Å². The highest BCUT2D eigenvalue weighted by Crippen LogP contribution is 2.28. The van der Waals surface area contributed by atoms with Gasteiger partial charge in [0.1, 0.15) is 23.9 Å². The van der Waals surface area contributed by atoms with Crippen molar-refractivity contribution in [2.75, 3.05) is 0 Å². The molecule has 1 amide bonds. The highest BCUT2D eigenvalue weighted by molar-refractivity contribution is 5.75. The molecule has 1 heterocycles. The molecule has 9 heteroatoms. The van der Waals surface area contributed by atoms with Gasteiger partial charge in [-0.25, -0.2) is 4.39 Å². The molecule has 0 aliphatic rings. The lowest BCUT2D eigenvalue weighted by atomic mass is 10.2. The van der Waals surface area contributed by atoms with Crippen LogP contribution in [0.3, 0.4) is 0 Å². The first-order valence-corrected chi connectivity index (χ1v) is 8.77. The average Bonchev–Trinajstić information content (AvgIpc) is 2.70. The fraction of sp³-hybridized carbons (Fsp3) is 0.143. The Morgan fingerprint density at radius 1 is 0.933 bits per heavy atom. The van der Waals surface area contributed by atoms with E-state index < -0.39 is 29.8 Å². The number of rotatable bonds is 6. The van der Waals surface area contributed by atoms with Crippen LogP contribution in [-0.4, -0.2) is 10.5 Å². The van der Waals surface area contributed by atoms with Gasteiger partial charge in [-0.3, -0.25) is 9.59 Å². The summed E-state index contributed by atoms with van der Waals surface area (Å²) in [5.74, 6) is -0.0138. The molecule has 156 valence electrons. The zero-order chi connectivity index (χ0) is 21.7. The number of alkyl halides is 3. The summed E-state index contributed by atoms with van der Waals surface area (Å²) in [6.07, 6.45) is -3.99. The maximum Gasteiger partial charge on any atom is 0.417 e. The monoisotopic (exact) mass is 420 g/mol. The zero-order valence-electron chi connectivity index (χ0n) is 15.4. The highest BCUT2D eigenvalue weighted by atomic mass is 19.4. The van der Waals surface area contributed by atoms with Crippen molar-refractivity contribution in [1.82, 2.24) is 9.88 Å². The number of amides is 1. The molecule has 0 aliphatic carbocycles. The van der Waals surface area contributed by atoms with Crippen molar-refractivity contribution in [3.8, 4) is 11.5 Å². The number of hydrogen-bond acceptors (Lipinski definition) is 3. The van der Waals surface area contributed by atoms with E-state index in [1.807, 2.05) is 0 Å². The maximum absolute atomic E-state index is 12.9. The molecule has 0 fully saturated rings. The van der Waals surface area contributed by atoms with Gasteiger partial charge in [0, 0.05) is 18.8 Å². The summed E-state index contributed by atoms with van der Waals surface area (Å²) in [5, 5.41) is 2.55. The second-order valence-corrected chi connectivity index (χ2v) is 6.36. The predicted octanol–water partition coefficient (Wildman–Crippen LogP) is 4.11. The molecule has 5 nitrogen and oxygen atoms in total. The quantitative estimate of drug-likeness (QED) is 0.611. The minimum absolute atomic E-state index is 0.114. The van der Waals surface area contributed by atoms with Crippen molar-refractivity contribution in [2.45, 2.75) is 19.3 Å². The Bertz CT molecular complexity index is 1080.